The number of aryl methyl sites for hydroxylation is 1. The second kappa shape index (κ2) is 10.1. The fourth-order valence-electron chi connectivity index (χ4n) is 2.88. The molecule has 7 nitrogen and oxygen atoms in total. The number of pyridine rings is 1. The molecule has 4 rings (SSSR count). The van der Waals surface area contributed by atoms with E-state index in [1.807, 2.05) is 38.1 Å². The molecule has 2 heterocycles. The van der Waals surface area contributed by atoms with E-state index in [1.165, 1.54) is 5.56 Å². The Bertz CT molecular complexity index is 1290. The van der Waals surface area contributed by atoms with Crippen LogP contribution in [0.25, 0.3) is 11.4 Å². The highest BCUT2D eigenvalue weighted by Crippen LogP contribution is 2.33. The van der Waals surface area contributed by atoms with Crippen molar-refractivity contribution in [3.63, 3.8) is 0 Å². The lowest BCUT2D eigenvalue weighted by atomic mass is 10.1. The summed E-state index contributed by atoms with van der Waals surface area (Å²) in [6, 6.07) is 16.7. The van der Waals surface area contributed by atoms with Crippen molar-refractivity contribution in [1.82, 2.24) is 19.9 Å². The van der Waals surface area contributed by atoms with Gasteiger partial charge in [0.1, 0.15) is 5.15 Å². The molecule has 0 aliphatic heterocycles. The van der Waals surface area contributed by atoms with Gasteiger partial charge in [-0.3, -0.25) is 0 Å². The van der Waals surface area contributed by atoms with E-state index < -0.39 is 0 Å². The molecule has 0 atom stereocenters. The maximum atomic E-state index is 6.39. The van der Waals surface area contributed by atoms with Crippen LogP contribution in [0.2, 0.25) is 15.2 Å². The Labute approximate surface area is 205 Å². The van der Waals surface area contributed by atoms with Gasteiger partial charge >= 0.3 is 0 Å². The van der Waals surface area contributed by atoms with E-state index in [4.69, 9.17) is 34.8 Å². The number of hydrogen-bond acceptors (Lipinski definition) is 7. The first-order chi connectivity index (χ1) is 15.9. The first-order valence-electron chi connectivity index (χ1n) is 9.85. The van der Waals surface area contributed by atoms with E-state index in [2.05, 4.69) is 35.8 Å². The molecule has 0 saturated heterocycles. The van der Waals surface area contributed by atoms with Crippen molar-refractivity contribution in [2.75, 3.05) is 10.7 Å². The largest absolute Gasteiger partial charge is 0.323 e. The lowest BCUT2D eigenvalue weighted by Gasteiger charge is -2.11. The number of nitrogens with one attached hydrogen (secondary N) is 2. The highest BCUT2D eigenvalue weighted by Gasteiger charge is 2.15. The summed E-state index contributed by atoms with van der Waals surface area (Å²) in [5.74, 6) is 0.758. The lowest BCUT2D eigenvalue weighted by molar-refractivity contribution is 1.04. The number of anilines is 3. The summed E-state index contributed by atoms with van der Waals surface area (Å²) >= 11 is 18.7. The highest BCUT2D eigenvalue weighted by atomic mass is 35.5. The van der Waals surface area contributed by atoms with Crippen molar-refractivity contribution in [3.05, 3.63) is 87.1 Å². The second-order valence-corrected chi connectivity index (χ2v) is 8.27. The minimum absolute atomic E-state index is 0.215. The predicted molar refractivity (Wildman–Crippen MR) is 135 cm³/mol. The van der Waals surface area contributed by atoms with Gasteiger partial charge in [-0.25, -0.2) is 10.4 Å². The molecule has 0 aliphatic rings. The minimum Gasteiger partial charge on any atom is -0.323 e. The third-order valence-corrected chi connectivity index (χ3v) is 5.45. The summed E-state index contributed by atoms with van der Waals surface area (Å²) in [5, 5.41) is 8.72. The minimum atomic E-state index is 0.215. The van der Waals surface area contributed by atoms with Gasteiger partial charge in [0, 0.05) is 0 Å². The molecule has 4 aromatic rings. The van der Waals surface area contributed by atoms with Crippen LogP contribution in [0.5, 0.6) is 0 Å². The molecule has 10 heteroatoms. The molecule has 2 aromatic carbocycles. The van der Waals surface area contributed by atoms with E-state index in [-0.39, 0.29) is 17.7 Å². The number of aromatic nitrogens is 4. The highest BCUT2D eigenvalue weighted by molar-refractivity contribution is 6.39. The molecule has 0 bridgehead atoms. The fourth-order valence-corrected chi connectivity index (χ4v) is 3.56. The maximum absolute atomic E-state index is 6.39. The van der Waals surface area contributed by atoms with Crippen LogP contribution >= 0.6 is 34.8 Å². The van der Waals surface area contributed by atoms with E-state index in [0.29, 0.717) is 26.4 Å². The summed E-state index contributed by atoms with van der Waals surface area (Å²) in [5.41, 5.74) is 6.95. The van der Waals surface area contributed by atoms with Gasteiger partial charge in [0.15, 0.2) is 5.82 Å². The average Bonchev–Trinajstić information content (AvgIpc) is 2.79. The van der Waals surface area contributed by atoms with E-state index in [1.54, 1.807) is 36.5 Å². The van der Waals surface area contributed by atoms with Crippen LogP contribution in [0.15, 0.2) is 65.9 Å². The maximum Gasteiger partial charge on any atom is 0.248 e. The molecule has 0 amide bonds. The van der Waals surface area contributed by atoms with Crippen LogP contribution in [0, 0.1) is 6.92 Å². The van der Waals surface area contributed by atoms with Gasteiger partial charge < -0.3 is 5.32 Å². The van der Waals surface area contributed by atoms with E-state index in [0.717, 1.165) is 11.3 Å². The Kier molecular flexibility index (Phi) is 7.03. The summed E-state index contributed by atoms with van der Waals surface area (Å²) in [6.07, 6.45) is 1.57. The van der Waals surface area contributed by atoms with Gasteiger partial charge in [0.2, 0.25) is 11.9 Å². The first kappa shape index (κ1) is 22.9. The Morgan fingerprint density at radius 1 is 0.848 bits per heavy atom. The normalized spacial score (nSPS) is 11.4. The van der Waals surface area contributed by atoms with Crippen molar-refractivity contribution >= 4 is 58.1 Å². The van der Waals surface area contributed by atoms with Gasteiger partial charge in [-0.2, -0.15) is 20.1 Å². The molecule has 2 aromatic heterocycles. The summed E-state index contributed by atoms with van der Waals surface area (Å²) in [7, 11) is 0. The third-order valence-electron chi connectivity index (χ3n) is 4.60. The number of hydrazone groups is 1. The standard InChI is InChI=1S/C23H18Cl3N7/c1-13-6-8-15(9-7-13)14(2)32-33-23-30-21(20-17(24)4-3-5-18(20)25)29-22(31-23)28-16-10-11-19(26)27-12-16/h3-12H,1-2H3,(H2,28,29,30,31,33)/b32-14+. The zero-order valence-electron chi connectivity index (χ0n) is 17.6. The molecule has 33 heavy (non-hydrogen) atoms. The quantitative estimate of drug-likeness (QED) is 0.173. The molecule has 0 fully saturated rings. The Morgan fingerprint density at radius 2 is 1.55 bits per heavy atom. The fraction of sp³-hybridized carbons (Fsp3) is 0.0870. The van der Waals surface area contributed by atoms with Crippen molar-refractivity contribution in [1.29, 1.82) is 0 Å². The predicted octanol–water partition coefficient (Wildman–Crippen LogP) is 6.78. The SMILES string of the molecule is C/C(=N\Nc1nc(Nc2ccc(Cl)nc2)nc(-c2c(Cl)cccc2Cl)n1)c1ccc(C)cc1. The summed E-state index contributed by atoms with van der Waals surface area (Å²) < 4.78 is 0. The number of nitrogens with zero attached hydrogens (tertiary/aromatic N) is 5. The van der Waals surface area contributed by atoms with E-state index >= 15 is 0 Å². The van der Waals surface area contributed by atoms with Crippen LogP contribution < -0.4 is 10.7 Å². The first-order valence-corrected chi connectivity index (χ1v) is 11.0. The topological polar surface area (TPSA) is 88.0 Å². The monoisotopic (exact) mass is 497 g/mol. The van der Waals surface area contributed by atoms with Crippen LogP contribution in [0.3, 0.4) is 0 Å². The zero-order valence-corrected chi connectivity index (χ0v) is 19.9. The van der Waals surface area contributed by atoms with Gasteiger partial charge in [-0.1, -0.05) is 70.7 Å². The Morgan fingerprint density at radius 3 is 2.21 bits per heavy atom. The van der Waals surface area contributed by atoms with Crippen LogP contribution in [-0.2, 0) is 0 Å². The summed E-state index contributed by atoms with van der Waals surface area (Å²) in [6.45, 7) is 3.93. The molecule has 0 spiro atoms. The molecule has 0 radical (unpaired) electrons. The second-order valence-electron chi connectivity index (χ2n) is 7.07. The lowest BCUT2D eigenvalue weighted by Crippen LogP contribution is -2.07. The van der Waals surface area contributed by atoms with Crippen molar-refractivity contribution in [3.8, 4) is 11.4 Å². The number of benzene rings is 2. The average molecular weight is 499 g/mol. The van der Waals surface area contributed by atoms with Crippen molar-refractivity contribution < 1.29 is 0 Å². The van der Waals surface area contributed by atoms with Crippen molar-refractivity contribution in [2.24, 2.45) is 5.10 Å². The molecular formula is C23H18Cl3N7. The molecule has 2 N–H and O–H groups in total. The third kappa shape index (κ3) is 5.76. The van der Waals surface area contributed by atoms with Gasteiger partial charge in [-0.05, 0) is 43.7 Å². The van der Waals surface area contributed by atoms with Crippen LogP contribution in [0.1, 0.15) is 18.1 Å². The molecular weight excluding hydrogens is 481 g/mol. The summed E-state index contributed by atoms with van der Waals surface area (Å²) in [4.78, 5) is 17.4. The van der Waals surface area contributed by atoms with Crippen LogP contribution in [0.4, 0.5) is 17.6 Å². The molecule has 0 unspecified atom stereocenters. The molecule has 166 valence electrons. The molecule has 0 saturated carbocycles. The number of hydrogen-bond donors (Lipinski definition) is 2. The smallest absolute Gasteiger partial charge is 0.248 e. The van der Waals surface area contributed by atoms with Crippen molar-refractivity contribution in [2.45, 2.75) is 13.8 Å². The zero-order chi connectivity index (χ0) is 23.4. The number of halogens is 3. The molecule has 0 aliphatic carbocycles. The van der Waals surface area contributed by atoms with Crippen LogP contribution in [-0.4, -0.2) is 25.6 Å². The Hall–Kier alpha value is -3.26. The van der Waals surface area contributed by atoms with Gasteiger partial charge in [0.05, 0.1) is 33.2 Å². The van der Waals surface area contributed by atoms with E-state index in [9.17, 15) is 0 Å². The van der Waals surface area contributed by atoms with Gasteiger partial charge in [0.25, 0.3) is 0 Å². The van der Waals surface area contributed by atoms with Gasteiger partial charge in [-0.15, -0.1) is 0 Å². The number of rotatable bonds is 6. The Balaban J connectivity index is 1.71.